The van der Waals surface area contributed by atoms with Crippen molar-refractivity contribution >= 4 is 10.0 Å². The van der Waals surface area contributed by atoms with E-state index in [2.05, 4.69) is 10.1 Å². The summed E-state index contributed by atoms with van der Waals surface area (Å²) in [4.78, 5) is 4.54. The Morgan fingerprint density at radius 2 is 1.68 bits per heavy atom. The van der Waals surface area contributed by atoms with Gasteiger partial charge in [0, 0.05) is 11.1 Å². The maximum absolute atomic E-state index is 13.3. The molecule has 0 atom stereocenters. The normalized spacial score (nSPS) is 12.3. The second-order valence-electron chi connectivity index (χ2n) is 7.24. The Morgan fingerprint density at radius 1 is 1.04 bits per heavy atom. The molecule has 0 aliphatic heterocycles. The number of sulfonamides is 1. The first-order chi connectivity index (χ1) is 13.2. The Kier molecular flexibility index (Phi) is 5.53. The molecule has 8 heteroatoms. The van der Waals surface area contributed by atoms with Crippen molar-refractivity contribution in [2.45, 2.75) is 37.8 Å². The molecule has 1 aromatic heterocycles. The van der Waals surface area contributed by atoms with Gasteiger partial charge in [0.05, 0.1) is 18.6 Å². The number of ether oxygens (including phenoxy) is 1. The first kappa shape index (κ1) is 20.0. The first-order valence-electron chi connectivity index (χ1n) is 8.77. The maximum Gasteiger partial charge on any atom is 0.244 e. The van der Waals surface area contributed by atoms with Gasteiger partial charge in [-0.1, -0.05) is 35.5 Å². The molecule has 0 radical (unpaired) electrons. The van der Waals surface area contributed by atoms with Gasteiger partial charge in [0.15, 0.2) is 0 Å². The van der Waals surface area contributed by atoms with Gasteiger partial charge in [0.2, 0.25) is 21.7 Å². The van der Waals surface area contributed by atoms with Crippen LogP contribution in [0.3, 0.4) is 0 Å². The van der Waals surface area contributed by atoms with E-state index in [0.717, 1.165) is 5.56 Å². The highest BCUT2D eigenvalue weighted by atomic mass is 32.2. The van der Waals surface area contributed by atoms with E-state index in [4.69, 9.17) is 9.26 Å². The molecule has 0 saturated carbocycles. The van der Waals surface area contributed by atoms with Crippen LogP contribution in [-0.2, 0) is 16.6 Å². The molecule has 0 saturated heterocycles. The molecule has 28 heavy (non-hydrogen) atoms. The fourth-order valence-corrected chi connectivity index (χ4v) is 4.44. The number of aromatic nitrogens is 2. The molecule has 1 heterocycles. The van der Waals surface area contributed by atoms with E-state index < -0.39 is 15.6 Å². The van der Waals surface area contributed by atoms with Gasteiger partial charge in [-0.05, 0) is 45.0 Å². The Balaban J connectivity index is 1.92. The number of hydrogen-bond acceptors (Lipinski definition) is 6. The van der Waals surface area contributed by atoms with Gasteiger partial charge in [-0.25, -0.2) is 8.42 Å². The lowest BCUT2D eigenvalue weighted by Gasteiger charge is -2.33. The molecule has 0 N–H and O–H groups in total. The predicted molar refractivity (Wildman–Crippen MR) is 105 cm³/mol. The number of methoxy groups -OCH3 is 1. The first-order valence-corrected chi connectivity index (χ1v) is 10.2. The van der Waals surface area contributed by atoms with Gasteiger partial charge in [-0.2, -0.15) is 9.29 Å². The summed E-state index contributed by atoms with van der Waals surface area (Å²) in [5.74, 6) is 1.24. The minimum absolute atomic E-state index is 0.0301. The van der Waals surface area contributed by atoms with Gasteiger partial charge < -0.3 is 9.26 Å². The van der Waals surface area contributed by atoms with Crippen molar-refractivity contribution in [2.24, 2.45) is 0 Å². The zero-order valence-electron chi connectivity index (χ0n) is 16.3. The van der Waals surface area contributed by atoms with E-state index in [-0.39, 0.29) is 17.3 Å². The number of rotatable bonds is 6. The molecule has 3 aromatic rings. The van der Waals surface area contributed by atoms with E-state index in [1.54, 1.807) is 12.1 Å². The quantitative estimate of drug-likeness (QED) is 0.626. The van der Waals surface area contributed by atoms with Gasteiger partial charge in [-0.15, -0.1) is 0 Å². The van der Waals surface area contributed by atoms with Gasteiger partial charge >= 0.3 is 0 Å². The zero-order valence-corrected chi connectivity index (χ0v) is 17.1. The molecular formula is C20H23N3O4S. The molecule has 7 nitrogen and oxygen atoms in total. The highest BCUT2D eigenvalue weighted by molar-refractivity contribution is 7.89. The van der Waals surface area contributed by atoms with Crippen LogP contribution >= 0.6 is 0 Å². The molecule has 0 fully saturated rings. The van der Waals surface area contributed by atoms with E-state index in [1.807, 2.05) is 51.1 Å². The van der Waals surface area contributed by atoms with Crippen LogP contribution in [0.1, 0.15) is 26.7 Å². The molecular weight excluding hydrogens is 378 g/mol. The summed E-state index contributed by atoms with van der Waals surface area (Å²) < 4.78 is 38.3. The van der Waals surface area contributed by atoms with Crippen LogP contribution < -0.4 is 4.74 Å². The second-order valence-corrected chi connectivity index (χ2v) is 9.10. The minimum Gasteiger partial charge on any atom is -0.497 e. The fourth-order valence-electron chi connectivity index (χ4n) is 2.70. The van der Waals surface area contributed by atoms with Crippen molar-refractivity contribution in [3.05, 3.63) is 60.5 Å². The van der Waals surface area contributed by atoms with Crippen molar-refractivity contribution < 1.29 is 17.7 Å². The lowest BCUT2D eigenvalue weighted by molar-refractivity contribution is 0.214. The summed E-state index contributed by atoms with van der Waals surface area (Å²) in [5, 5.41) is 3.97. The Bertz CT molecular complexity index is 1020. The number of benzene rings is 2. The zero-order chi connectivity index (χ0) is 20.4. The average Bonchev–Trinajstić information content (AvgIpc) is 3.15. The summed E-state index contributed by atoms with van der Waals surface area (Å²) in [6.45, 7) is 5.44. The van der Waals surface area contributed by atoms with Crippen LogP contribution in [0.5, 0.6) is 5.75 Å². The highest BCUT2D eigenvalue weighted by Crippen LogP contribution is 2.28. The standard InChI is InChI=1S/C20H23N3O4S/c1-20(2,3)23(28(24,25)17-12-10-16(26-4)11-13-17)14-18-21-19(22-27-18)15-8-6-5-7-9-15/h5-13H,14H2,1-4H3. The number of hydrogen-bond donors (Lipinski definition) is 0. The SMILES string of the molecule is COc1ccc(S(=O)(=O)N(Cc2nc(-c3ccccc3)no2)C(C)(C)C)cc1. The summed E-state index contributed by atoms with van der Waals surface area (Å²) in [7, 11) is -2.25. The van der Waals surface area contributed by atoms with Crippen LogP contribution in [0.15, 0.2) is 64.0 Å². The molecule has 0 bridgehead atoms. The smallest absolute Gasteiger partial charge is 0.244 e. The summed E-state index contributed by atoms with van der Waals surface area (Å²) >= 11 is 0. The monoisotopic (exact) mass is 401 g/mol. The third-order valence-electron chi connectivity index (χ3n) is 4.17. The molecule has 0 unspecified atom stereocenters. The van der Waals surface area contributed by atoms with Gasteiger partial charge in [0.1, 0.15) is 5.75 Å². The lowest BCUT2D eigenvalue weighted by atomic mass is 10.1. The summed E-state index contributed by atoms with van der Waals surface area (Å²) in [6.07, 6.45) is 0. The van der Waals surface area contributed by atoms with E-state index in [1.165, 1.54) is 23.5 Å². The fraction of sp³-hybridized carbons (Fsp3) is 0.300. The third kappa shape index (κ3) is 4.23. The third-order valence-corrected chi connectivity index (χ3v) is 6.30. The second kappa shape index (κ2) is 7.73. The van der Waals surface area contributed by atoms with E-state index in [9.17, 15) is 8.42 Å². The maximum atomic E-state index is 13.3. The van der Waals surface area contributed by atoms with Crippen molar-refractivity contribution in [2.75, 3.05) is 7.11 Å². The Hall–Kier alpha value is -2.71. The van der Waals surface area contributed by atoms with Crippen LogP contribution in [0.25, 0.3) is 11.4 Å². The highest BCUT2D eigenvalue weighted by Gasteiger charge is 2.35. The Labute approximate surface area is 165 Å². The van der Waals surface area contributed by atoms with Gasteiger partial charge in [0.25, 0.3) is 0 Å². The lowest BCUT2D eigenvalue weighted by Crippen LogP contribution is -2.45. The van der Waals surface area contributed by atoms with Crippen LogP contribution in [0.4, 0.5) is 0 Å². The number of nitrogens with zero attached hydrogens (tertiary/aromatic N) is 3. The molecule has 0 aliphatic carbocycles. The van der Waals surface area contributed by atoms with Crippen LogP contribution in [-0.4, -0.2) is 35.5 Å². The van der Waals surface area contributed by atoms with Crippen molar-refractivity contribution in [1.82, 2.24) is 14.4 Å². The van der Waals surface area contributed by atoms with Crippen molar-refractivity contribution in [1.29, 1.82) is 0 Å². The largest absolute Gasteiger partial charge is 0.497 e. The minimum atomic E-state index is -3.79. The van der Waals surface area contributed by atoms with Crippen molar-refractivity contribution in [3.8, 4) is 17.1 Å². The average molecular weight is 401 g/mol. The predicted octanol–water partition coefficient (Wildman–Crippen LogP) is 3.73. The van der Waals surface area contributed by atoms with E-state index in [0.29, 0.717) is 11.6 Å². The van der Waals surface area contributed by atoms with Crippen molar-refractivity contribution in [3.63, 3.8) is 0 Å². The summed E-state index contributed by atoms with van der Waals surface area (Å²) in [5.41, 5.74) is 0.109. The summed E-state index contributed by atoms with van der Waals surface area (Å²) in [6, 6.07) is 15.7. The molecule has 2 aromatic carbocycles. The molecule has 0 amide bonds. The van der Waals surface area contributed by atoms with Gasteiger partial charge in [-0.3, -0.25) is 0 Å². The molecule has 0 spiro atoms. The molecule has 148 valence electrons. The molecule has 0 aliphatic rings. The topological polar surface area (TPSA) is 85.5 Å². The van der Waals surface area contributed by atoms with Crippen LogP contribution in [0.2, 0.25) is 0 Å². The van der Waals surface area contributed by atoms with E-state index >= 15 is 0 Å². The van der Waals surface area contributed by atoms with Crippen LogP contribution in [0, 0.1) is 0 Å². The molecule has 3 rings (SSSR count). The Morgan fingerprint density at radius 3 is 2.25 bits per heavy atom.